The lowest BCUT2D eigenvalue weighted by Crippen LogP contribution is -2.44. The van der Waals surface area contributed by atoms with Crippen molar-refractivity contribution in [1.82, 2.24) is 4.31 Å². The number of rotatable bonds is 6. The number of aliphatic hydroxyl groups excluding tert-OH is 1. The van der Waals surface area contributed by atoms with Crippen LogP contribution in [-0.2, 0) is 16.6 Å². The maximum absolute atomic E-state index is 12.8. The molecule has 0 unspecified atom stereocenters. The molecule has 7 heteroatoms. The first-order chi connectivity index (χ1) is 9.61. The minimum atomic E-state index is -3.79. The third-order valence-corrected chi connectivity index (χ3v) is 6.12. The maximum atomic E-state index is 12.8. The van der Waals surface area contributed by atoms with Gasteiger partial charge in [0.05, 0.1) is 13.7 Å². The van der Waals surface area contributed by atoms with Crippen LogP contribution in [0.2, 0.25) is 5.02 Å². The van der Waals surface area contributed by atoms with E-state index in [0.29, 0.717) is 12.0 Å². The van der Waals surface area contributed by atoms with Crippen LogP contribution in [0.3, 0.4) is 0 Å². The molecule has 1 rings (SSSR count). The Kier molecular flexibility index (Phi) is 5.66. The molecule has 0 radical (unpaired) electrons. The second-order valence-electron chi connectivity index (χ2n) is 5.39. The zero-order chi connectivity index (χ0) is 16.4. The van der Waals surface area contributed by atoms with Gasteiger partial charge in [0, 0.05) is 23.2 Å². The lowest BCUT2D eigenvalue weighted by Gasteiger charge is -2.34. The second-order valence-corrected chi connectivity index (χ2v) is 7.77. The Hall–Kier alpha value is -0.820. The molecule has 0 atom stereocenters. The zero-order valence-electron chi connectivity index (χ0n) is 13.0. The summed E-state index contributed by atoms with van der Waals surface area (Å²) in [6.45, 7) is 5.25. The molecule has 0 spiro atoms. The number of aliphatic hydroxyl groups is 1. The lowest BCUT2D eigenvalue weighted by molar-refractivity contribution is 0.255. The van der Waals surface area contributed by atoms with Crippen molar-refractivity contribution in [3.05, 3.63) is 22.7 Å². The molecule has 0 fully saturated rings. The van der Waals surface area contributed by atoms with Gasteiger partial charge in [-0.3, -0.25) is 0 Å². The topological polar surface area (TPSA) is 66.8 Å². The molecule has 1 aromatic rings. The van der Waals surface area contributed by atoms with Crippen molar-refractivity contribution in [2.75, 3.05) is 14.2 Å². The molecule has 0 bridgehead atoms. The van der Waals surface area contributed by atoms with E-state index in [1.165, 1.54) is 30.6 Å². The fourth-order valence-corrected chi connectivity index (χ4v) is 3.96. The molecular weight excluding hydrogens is 314 g/mol. The molecule has 0 aromatic heterocycles. The summed E-state index contributed by atoms with van der Waals surface area (Å²) in [4.78, 5) is -0.0365. The maximum Gasteiger partial charge on any atom is 0.247 e. The molecule has 0 aliphatic heterocycles. The van der Waals surface area contributed by atoms with E-state index in [0.717, 1.165) is 0 Å². The first-order valence-electron chi connectivity index (χ1n) is 6.58. The fraction of sp³-hybridized carbons (Fsp3) is 0.571. The quantitative estimate of drug-likeness (QED) is 0.867. The summed E-state index contributed by atoms with van der Waals surface area (Å²) in [6.07, 6.45) is 0.651. The van der Waals surface area contributed by atoms with Gasteiger partial charge < -0.3 is 9.84 Å². The van der Waals surface area contributed by atoms with Crippen LogP contribution in [0.1, 0.15) is 32.8 Å². The Morgan fingerprint density at radius 1 is 1.38 bits per heavy atom. The van der Waals surface area contributed by atoms with Crippen LogP contribution in [-0.4, -0.2) is 37.5 Å². The largest absolute Gasteiger partial charge is 0.495 e. The van der Waals surface area contributed by atoms with E-state index in [1.54, 1.807) is 0 Å². The molecular formula is C14H22ClNO4S. The molecule has 0 saturated heterocycles. The van der Waals surface area contributed by atoms with Crippen molar-refractivity contribution >= 4 is 21.6 Å². The van der Waals surface area contributed by atoms with Gasteiger partial charge in [-0.2, -0.15) is 4.31 Å². The first kappa shape index (κ1) is 18.2. The Morgan fingerprint density at radius 3 is 2.38 bits per heavy atom. The number of ether oxygens (including phenoxy) is 1. The Bertz CT molecular complexity index is 614. The third kappa shape index (κ3) is 3.51. The highest BCUT2D eigenvalue weighted by molar-refractivity contribution is 7.89. The minimum absolute atomic E-state index is 0.0365. The van der Waals surface area contributed by atoms with Crippen LogP contribution in [0.25, 0.3) is 0 Å². The number of methoxy groups -OCH3 is 1. The standard InChI is InChI=1S/C14H22ClNO4S/c1-6-14(2,3)16(4)21(18,19)12-8-11(15)7-10(9-17)13(12)20-5/h7-8,17H,6,9H2,1-5H3. The average Bonchev–Trinajstić information content (AvgIpc) is 2.45. The third-order valence-electron chi connectivity index (χ3n) is 3.83. The Morgan fingerprint density at radius 2 is 1.95 bits per heavy atom. The van der Waals surface area contributed by atoms with Gasteiger partial charge in [-0.05, 0) is 32.4 Å². The normalized spacial score (nSPS) is 12.8. The molecule has 5 nitrogen and oxygen atoms in total. The SMILES string of the molecule is CCC(C)(C)N(C)S(=O)(=O)c1cc(Cl)cc(CO)c1OC. The highest BCUT2D eigenvalue weighted by atomic mass is 35.5. The van der Waals surface area contributed by atoms with Crippen molar-refractivity contribution in [2.45, 2.75) is 44.2 Å². The van der Waals surface area contributed by atoms with Crippen molar-refractivity contribution in [1.29, 1.82) is 0 Å². The van der Waals surface area contributed by atoms with Crippen LogP contribution < -0.4 is 4.74 Å². The molecule has 0 aliphatic carbocycles. The summed E-state index contributed by atoms with van der Waals surface area (Å²) in [5.41, 5.74) is -0.211. The predicted octanol–water partition coefficient (Wildman–Crippen LogP) is 2.65. The van der Waals surface area contributed by atoms with Crippen molar-refractivity contribution < 1.29 is 18.3 Å². The van der Waals surface area contributed by atoms with E-state index in [2.05, 4.69) is 0 Å². The molecule has 0 saturated carbocycles. The van der Waals surface area contributed by atoms with Gasteiger partial charge >= 0.3 is 0 Å². The number of hydrogen-bond donors (Lipinski definition) is 1. The molecule has 0 heterocycles. The number of nitrogens with zero attached hydrogens (tertiary/aromatic N) is 1. The van der Waals surface area contributed by atoms with E-state index in [9.17, 15) is 13.5 Å². The van der Waals surface area contributed by atoms with Crippen LogP contribution in [0.4, 0.5) is 0 Å². The van der Waals surface area contributed by atoms with Gasteiger partial charge in [-0.25, -0.2) is 8.42 Å². The van der Waals surface area contributed by atoms with Crippen molar-refractivity contribution in [2.24, 2.45) is 0 Å². The van der Waals surface area contributed by atoms with Gasteiger partial charge in [-0.15, -0.1) is 0 Å². The van der Waals surface area contributed by atoms with Gasteiger partial charge in [-0.1, -0.05) is 18.5 Å². The number of hydrogen-bond acceptors (Lipinski definition) is 4. The molecule has 0 amide bonds. The monoisotopic (exact) mass is 335 g/mol. The van der Waals surface area contributed by atoms with E-state index < -0.39 is 15.6 Å². The number of sulfonamides is 1. The smallest absolute Gasteiger partial charge is 0.247 e. The second kappa shape index (κ2) is 6.52. The summed E-state index contributed by atoms with van der Waals surface area (Å²) in [5, 5.41) is 9.60. The van der Waals surface area contributed by atoms with E-state index in [1.807, 2.05) is 20.8 Å². The summed E-state index contributed by atoms with van der Waals surface area (Å²) >= 11 is 5.97. The van der Waals surface area contributed by atoms with E-state index in [-0.39, 0.29) is 22.3 Å². The predicted molar refractivity (Wildman–Crippen MR) is 83.2 cm³/mol. The van der Waals surface area contributed by atoms with Gasteiger partial charge in [0.2, 0.25) is 10.0 Å². The van der Waals surface area contributed by atoms with Crippen LogP contribution >= 0.6 is 11.6 Å². The van der Waals surface area contributed by atoms with Crippen LogP contribution in [0, 0.1) is 0 Å². The summed E-state index contributed by atoms with van der Waals surface area (Å²) < 4.78 is 32.2. The first-order valence-corrected chi connectivity index (χ1v) is 8.40. The molecule has 1 N–H and O–H groups in total. The van der Waals surface area contributed by atoms with Gasteiger partial charge in [0.15, 0.2) is 0 Å². The average molecular weight is 336 g/mol. The highest BCUT2D eigenvalue weighted by Crippen LogP contribution is 2.35. The van der Waals surface area contributed by atoms with Gasteiger partial charge in [0.25, 0.3) is 0 Å². The summed E-state index contributed by atoms with van der Waals surface area (Å²) in [5.74, 6) is 0.126. The Balaban J connectivity index is 3.55. The fourth-order valence-electron chi connectivity index (χ4n) is 1.86. The van der Waals surface area contributed by atoms with E-state index in [4.69, 9.17) is 16.3 Å². The molecule has 1 aromatic carbocycles. The zero-order valence-corrected chi connectivity index (χ0v) is 14.5. The van der Waals surface area contributed by atoms with E-state index >= 15 is 0 Å². The molecule has 21 heavy (non-hydrogen) atoms. The summed E-state index contributed by atoms with van der Waals surface area (Å²) in [7, 11) is -0.901. The Labute approximate surface area is 131 Å². The lowest BCUT2D eigenvalue weighted by atomic mass is 10.0. The molecule has 120 valence electrons. The minimum Gasteiger partial charge on any atom is -0.495 e. The summed E-state index contributed by atoms with van der Waals surface area (Å²) in [6, 6.07) is 2.83. The van der Waals surface area contributed by atoms with Crippen molar-refractivity contribution in [3.8, 4) is 5.75 Å². The van der Waals surface area contributed by atoms with Gasteiger partial charge in [0.1, 0.15) is 10.6 Å². The number of halogens is 1. The van der Waals surface area contributed by atoms with Crippen LogP contribution in [0.5, 0.6) is 5.75 Å². The van der Waals surface area contributed by atoms with Crippen molar-refractivity contribution in [3.63, 3.8) is 0 Å². The molecule has 0 aliphatic rings. The number of benzene rings is 1. The van der Waals surface area contributed by atoms with Crippen LogP contribution in [0.15, 0.2) is 17.0 Å². The highest BCUT2D eigenvalue weighted by Gasteiger charge is 2.35.